The van der Waals surface area contributed by atoms with Crippen LogP contribution in [0.2, 0.25) is 0 Å². The van der Waals surface area contributed by atoms with Crippen LogP contribution < -0.4 is 20.5 Å². The first-order valence-electron chi connectivity index (χ1n) is 5.93. The molecule has 0 aliphatic heterocycles. The van der Waals surface area contributed by atoms with Gasteiger partial charge in [0.15, 0.2) is 11.5 Å². The lowest BCUT2D eigenvalue weighted by atomic mass is 10.1. The number of benzene rings is 1. The zero-order valence-corrected chi connectivity index (χ0v) is 11.6. The lowest BCUT2D eigenvalue weighted by Crippen LogP contribution is -2.24. The molecule has 1 amide bonds. The first-order chi connectivity index (χ1) is 9.38. The molecule has 1 unspecified atom stereocenters. The van der Waals surface area contributed by atoms with E-state index in [0.29, 0.717) is 5.75 Å². The predicted octanol–water partition coefficient (Wildman–Crippen LogP) is 1.08. The van der Waals surface area contributed by atoms with Gasteiger partial charge >= 0.3 is 5.97 Å². The van der Waals surface area contributed by atoms with E-state index < -0.39 is 5.97 Å². The number of methoxy groups -OCH3 is 2. The summed E-state index contributed by atoms with van der Waals surface area (Å²) in [6.07, 6.45) is 0.0907. The molecule has 1 aromatic carbocycles. The molecule has 0 aromatic heterocycles. The van der Waals surface area contributed by atoms with Crippen molar-refractivity contribution in [2.75, 3.05) is 19.5 Å². The number of aromatic carboxylic acids is 1. The molecule has 110 valence electrons. The highest BCUT2D eigenvalue weighted by molar-refractivity contribution is 6.01. The van der Waals surface area contributed by atoms with Crippen molar-refractivity contribution in [1.82, 2.24) is 0 Å². The monoisotopic (exact) mass is 282 g/mol. The van der Waals surface area contributed by atoms with Gasteiger partial charge in [0, 0.05) is 24.6 Å². The van der Waals surface area contributed by atoms with Gasteiger partial charge in [0.2, 0.25) is 5.91 Å². The number of carbonyl (C=O) groups is 2. The Labute approximate surface area is 116 Å². The molecular formula is C13H18N2O5. The van der Waals surface area contributed by atoms with Crippen LogP contribution in [0, 0.1) is 0 Å². The summed E-state index contributed by atoms with van der Waals surface area (Å²) in [5.74, 6) is -0.944. The highest BCUT2D eigenvalue weighted by Gasteiger charge is 2.18. The molecule has 0 aliphatic rings. The zero-order valence-electron chi connectivity index (χ0n) is 11.6. The third kappa shape index (κ3) is 3.86. The van der Waals surface area contributed by atoms with Crippen LogP contribution in [-0.2, 0) is 4.79 Å². The number of rotatable bonds is 6. The van der Waals surface area contributed by atoms with Crippen molar-refractivity contribution in [2.45, 2.75) is 19.4 Å². The summed E-state index contributed by atoms with van der Waals surface area (Å²) in [7, 11) is 2.82. The summed E-state index contributed by atoms with van der Waals surface area (Å²) in [4.78, 5) is 22.9. The summed E-state index contributed by atoms with van der Waals surface area (Å²) in [5, 5.41) is 11.7. The molecule has 0 spiro atoms. The van der Waals surface area contributed by atoms with E-state index in [9.17, 15) is 14.7 Å². The Morgan fingerprint density at radius 1 is 1.30 bits per heavy atom. The Balaban J connectivity index is 3.15. The van der Waals surface area contributed by atoms with Crippen molar-refractivity contribution in [2.24, 2.45) is 5.73 Å². The van der Waals surface area contributed by atoms with Gasteiger partial charge in [-0.05, 0) is 6.92 Å². The molecule has 1 aromatic rings. The van der Waals surface area contributed by atoms with Crippen LogP contribution in [0.5, 0.6) is 11.5 Å². The Morgan fingerprint density at radius 3 is 2.30 bits per heavy atom. The van der Waals surface area contributed by atoms with Gasteiger partial charge in [0.25, 0.3) is 0 Å². The number of hydrogen-bond acceptors (Lipinski definition) is 5. The molecule has 20 heavy (non-hydrogen) atoms. The molecule has 0 bridgehead atoms. The van der Waals surface area contributed by atoms with Gasteiger partial charge in [-0.1, -0.05) is 0 Å². The maximum absolute atomic E-state index is 11.7. The van der Waals surface area contributed by atoms with Gasteiger partial charge in [0.1, 0.15) is 0 Å². The van der Waals surface area contributed by atoms with E-state index in [1.54, 1.807) is 6.92 Å². The molecule has 0 saturated heterocycles. The van der Waals surface area contributed by atoms with Gasteiger partial charge in [0.05, 0.1) is 25.5 Å². The zero-order chi connectivity index (χ0) is 15.3. The number of carbonyl (C=O) groups excluding carboxylic acids is 1. The fourth-order valence-electron chi connectivity index (χ4n) is 1.65. The quantitative estimate of drug-likeness (QED) is 0.720. The highest BCUT2D eigenvalue weighted by Crippen LogP contribution is 2.33. The van der Waals surface area contributed by atoms with Crippen molar-refractivity contribution < 1.29 is 24.2 Å². The normalized spacial score (nSPS) is 11.6. The van der Waals surface area contributed by atoms with Crippen LogP contribution in [0.4, 0.5) is 5.69 Å². The number of ether oxygens (including phenoxy) is 2. The van der Waals surface area contributed by atoms with Crippen LogP contribution in [0.3, 0.4) is 0 Å². The summed E-state index contributed by atoms with van der Waals surface area (Å²) >= 11 is 0. The number of amides is 1. The van der Waals surface area contributed by atoms with Crippen LogP contribution >= 0.6 is 0 Å². The predicted molar refractivity (Wildman–Crippen MR) is 73.4 cm³/mol. The van der Waals surface area contributed by atoms with E-state index in [0.717, 1.165) is 0 Å². The third-order valence-electron chi connectivity index (χ3n) is 2.54. The molecule has 7 nitrogen and oxygen atoms in total. The first kappa shape index (κ1) is 15.8. The fraction of sp³-hybridized carbons (Fsp3) is 0.385. The van der Waals surface area contributed by atoms with Crippen molar-refractivity contribution in [3.63, 3.8) is 0 Å². The third-order valence-corrected chi connectivity index (χ3v) is 2.54. The average molecular weight is 282 g/mol. The van der Waals surface area contributed by atoms with Crippen molar-refractivity contribution >= 4 is 17.6 Å². The summed E-state index contributed by atoms with van der Waals surface area (Å²) in [5.41, 5.74) is 5.58. The second kappa shape index (κ2) is 6.76. The molecule has 7 heteroatoms. The van der Waals surface area contributed by atoms with Crippen molar-refractivity contribution in [3.05, 3.63) is 17.7 Å². The number of nitrogens with one attached hydrogen (secondary N) is 1. The largest absolute Gasteiger partial charge is 0.493 e. The number of hydrogen-bond donors (Lipinski definition) is 3. The lowest BCUT2D eigenvalue weighted by molar-refractivity contribution is -0.116. The van der Waals surface area contributed by atoms with E-state index in [-0.39, 0.29) is 35.4 Å². The molecule has 1 atom stereocenters. The maximum Gasteiger partial charge on any atom is 0.337 e. The van der Waals surface area contributed by atoms with Gasteiger partial charge in [-0.25, -0.2) is 4.79 Å². The van der Waals surface area contributed by atoms with E-state index in [1.165, 1.54) is 26.4 Å². The maximum atomic E-state index is 11.7. The summed E-state index contributed by atoms with van der Waals surface area (Å²) in [6.45, 7) is 1.69. The number of carboxylic acid groups (broad SMARTS) is 1. The Bertz CT molecular complexity index is 514. The van der Waals surface area contributed by atoms with E-state index >= 15 is 0 Å². The Kier molecular flexibility index (Phi) is 5.33. The number of anilines is 1. The van der Waals surface area contributed by atoms with Gasteiger partial charge in [-0.3, -0.25) is 4.79 Å². The van der Waals surface area contributed by atoms with Crippen molar-refractivity contribution in [1.29, 1.82) is 0 Å². The molecule has 0 saturated carbocycles. The molecule has 4 N–H and O–H groups in total. The molecular weight excluding hydrogens is 264 g/mol. The second-order valence-electron chi connectivity index (χ2n) is 4.29. The van der Waals surface area contributed by atoms with Gasteiger partial charge in [-0.2, -0.15) is 0 Å². The molecule has 1 rings (SSSR count). The summed E-state index contributed by atoms with van der Waals surface area (Å²) in [6, 6.07) is 2.38. The standard InChI is InChI=1S/C13H18N2O5/c1-7(14)4-12(16)15-9-6-11(20-3)10(19-2)5-8(9)13(17)18/h5-7H,4,14H2,1-3H3,(H,15,16)(H,17,18). The molecule has 0 fully saturated rings. The van der Waals surface area contributed by atoms with Crippen molar-refractivity contribution in [3.8, 4) is 11.5 Å². The average Bonchev–Trinajstić information content (AvgIpc) is 2.36. The Hall–Kier alpha value is -2.28. The smallest absolute Gasteiger partial charge is 0.337 e. The van der Waals surface area contributed by atoms with E-state index in [4.69, 9.17) is 15.2 Å². The molecule has 0 heterocycles. The van der Waals surface area contributed by atoms with Gasteiger partial charge < -0.3 is 25.6 Å². The van der Waals surface area contributed by atoms with Crippen LogP contribution in [0.1, 0.15) is 23.7 Å². The minimum absolute atomic E-state index is 0.0827. The number of nitrogens with two attached hydrogens (primary N) is 1. The Morgan fingerprint density at radius 2 is 1.85 bits per heavy atom. The minimum atomic E-state index is -1.18. The van der Waals surface area contributed by atoms with Crippen LogP contribution in [0.25, 0.3) is 0 Å². The molecule has 0 radical (unpaired) electrons. The topological polar surface area (TPSA) is 111 Å². The first-order valence-corrected chi connectivity index (χ1v) is 5.93. The summed E-state index contributed by atoms with van der Waals surface area (Å²) < 4.78 is 10.1. The lowest BCUT2D eigenvalue weighted by Gasteiger charge is -2.14. The molecule has 0 aliphatic carbocycles. The van der Waals surface area contributed by atoms with E-state index in [1.807, 2.05) is 0 Å². The second-order valence-corrected chi connectivity index (χ2v) is 4.29. The van der Waals surface area contributed by atoms with Gasteiger partial charge in [-0.15, -0.1) is 0 Å². The van der Waals surface area contributed by atoms with Crippen LogP contribution in [-0.4, -0.2) is 37.2 Å². The van der Waals surface area contributed by atoms with E-state index in [2.05, 4.69) is 5.32 Å². The minimum Gasteiger partial charge on any atom is -0.493 e. The van der Waals surface area contributed by atoms with Crippen LogP contribution in [0.15, 0.2) is 12.1 Å². The number of carboxylic acids is 1. The highest BCUT2D eigenvalue weighted by atomic mass is 16.5. The SMILES string of the molecule is COc1cc(NC(=O)CC(C)N)c(C(=O)O)cc1OC. The fourth-order valence-corrected chi connectivity index (χ4v) is 1.65.